The number of amides is 1. The van der Waals surface area contributed by atoms with Crippen LogP contribution in [0.5, 0.6) is 0 Å². The van der Waals surface area contributed by atoms with Gasteiger partial charge in [-0.3, -0.25) is 4.79 Å². The fraction of sp³-hybridized carbons (Fsp3) is 0.486. The third-order valence-corrected chi connectivity index (χ3v) is 6.81. The lowest BCUT2D eigenvalue weighted by atomic mass is 9.75. The normalized spacial score (nSPS) is 19.4. The van der Waals surface area contributed by atoms with Gasteiger partial charge in [0, 0.05) is 7.34 Å². The second-order valence-electron chi connectivity index (χ2n) is 9.90. The topological polar surface area (TPSA) is 60.2 Å². The van der Waals surface area contributed by atoms with Gasteiger partial charge >= 0.3 is 0 Å². The van der Waals surface area contributed by atoms with Crippen LogP contribution in [0.3, 0.4) is 0 Å². The van der Waals surface area contributed by atoms with Crippen LogP contribution in [0.25, 0.3) is 0 Å². The van der Waals surface area contributed by atoms with Crippen LogP contribution in [0.4, 0.5) is 0 Å². The minimum Gasteiger partial charge on any atom is -0.372 e. The maximum atomic E-state index is 8.58. The Kier molecular flexibility index (Phi) is 21.1. The van der Waals surface area contributed by atoms with Crippen molar-refractivity contribution in [2.45, 2.75) is 86.0 Å². The summed E-state index contributed by atoms with van der Waals surface area (Å²) in [6.07, 6.45) is 35.3. The Morgan fingerprint density at radius 3 is 2.26 bits per heavy atom. The van der Waals surface area contributed by atoms with Gasteiger partial charge in [0.15, 0.2) is 0 Å². The summed E-state index contributed by atoms with van der Waals surface area (Å²) in [5.41, 5.74) is 14.5. The summed E-state index contributed by atoms with van der Waals surface area (Å²) in [4.78, 5) is 16.6. The van der Waals surface area contributed by atoms with Crippen molar-refractivity contribution in [3.63, 3.8) is 0 Å². The van der Waals surface area contributed by atoms with E-state index in [9.17, 15) is 0 Å². The fourth-order valence-electron chi connectivity index (χ4n) is 5.10. The van der Waals surface area contributed by atoms with E-state index >= 15 is 0 Å². The van der Waals surface area contributed by atoms with Crippen LogP contribution >= 0.6 is 0 Å². The molecule has 38 heavy (non-hydrogen) atoms. The first-order valence-electron chi connectivity index (χ1n) is 14.3. The van der Waals surface area contributed by atoms with Crippen molar-refractivity contribution in [2.24, 2.45) is 29.4 Å². The number of carbonyl (C=O) groups excluding carboxylic acids is 2. The minimum atomic E-state index is 0. The lowest BCUT2D eigenvalue weighted by Crippen LogP contribution is -2.20. The predicted octanol–water partition coefficient (Wildman–Crippen LogP) is 9.18. The van der Waals surface area contributed by atoms with Crippen molar-refractivity contribution in [1.29, 1.82) is 0 Å². The number of allylic oxidation sites excluding steroid dienone is 14. The van der Waals surface area contributed by atoms with Gasteiger partial charge in [-0.1, -0.05) is 138 Å². The van der Waals surface area contributed by atoms with Crippen LogP contribution in [0.2, 0.25) is 0 Å². The Balaban J connectivity index is 0. The van der Waals surface area contributed by atoms with Crippen molar-refractivity contribution in [3.8, 4) is 0 Å². The van der Waals surface area contributed by atoms with E-state index in [1.807, 2.05) is 38.9 Å². The summed E-state index contributed by atoms with van der Waals surface area (Å²) in [6.45, 7) is 13.1. The molecule has 4 rings (SSSR count). The van der Waals surface area contributed by atoms with Crippen molar-refractivity contribution in [2.75, 3.05) is 0 Å². The molecule has 4 aliphatic rings. The number of hydrogen-bond acceptors (Lipinski definition) is 2. The van der Waals surface area contributed by atoms with Crippen LogP contribution in [-0.2, 0) is 9.59 Å². The monoisotopic (exact) mass is 519 g/mol. The molecular formula is C35H53NO2. The van der Waals surface area contributed by atoms with Gasteiger partial charge in [0.05, 0.1) is 0 Å². The molecule has 2 N–H and O–H groups in total. The van der Waals surface area contributed by atoms with E-state index in [0.717, 1.165) is 12.3 Å². The van der Waals surface area contributed by atoms with Gasteiger partial charge in [-0.05, 0) is 60.3 Å². The Labute approximate surface area is 234 Å². The van der Waals surface area contributed by atoms with E-state index in [4.69, 9.17) is 9.59 Å². The van der Waals surface area contributed by atoms with Gasteiger partial charge in [-0.2, -0.15) is 0 Å². The first-order chi connectivity index (χ1) is 18.5. The third-order valence-electron chi connectivity index (χ3n) is 6.81. The van der Waals surface area contributed by atoms with Crippen LogP contribution in [0, 0.1) is 23.7 Å². The van der Waals surface area contributed by atoms with Crippen molar-refractivity contribution >= 4 is 13.2 Å². The molecule has 1 fully saturated rings. The van der Waals surface area contributed by atoms with Gasteiger partial charge in [0.25, 0.3) is 0 Å². The van der Waals surface area contributed by atoms with Gasteiger partial charge in [0.1, 0.15) is 6.79 Å². The molecule has 3 nitrogen and oxygen atoms in total. The van der Waals surface area contributed by atoms with Crippen molar-refractivity contribution < 1.29 is 11.0 Å². The molecule has 0 aromatic rings. The molecule has 3 heteroatoms. The molecule has 0 heterocycles. The average molecular weight is 520 g/mol. The Hall–Kier alpha value is -3.12. The number of carbonyl (C=O) groups is 2. The first-order valence-corrected chi connectivity index (χ1v) is 14.3. The molecule has 0 aromatic heterocycles. The molecule has 0 spiro atoms. The standard InChI is InChI=1S/C24H26.C7H14.C2H6.CH3NO.CH2O.H2/c1-19(2)24(22-13-7-8-14-22)23-15-9-12-21(18-23)17-16-20-10-5-3-4-6-11-20;1-7-5-3-2-4-6-7;1-2;2-1-3;1-2;/h3,5,7-8,10-14,16,18-19,22,24H,9,15,17H2,1-2H3;7H,2-6H2,1H3;1-2H3;1H,(H2,2,3);1H2;1H/b20-16+;;;;;. The van der Waals surface area contributed by atoms with Gasteiger partial charge < -0.3 is 10.5 Å². The molecule has 1 atom stereocenters. The molecule has 0 saturated heterocycles. The number of primary amides is 1. The van der Waals surface area contributed by atoms with Crippen molar-refractivity contribution in [3.05, 3.63) is 95.0 Å². The lowest BCUT2D eigenvalue weighted by Gasteiger charge is -2.30. The lowest BCUT2D eigenvalue weighted by molar-refractivity contribution is -0.107. The third kappa shape index (κ3) is 14.6. The second kappa shape index (κ2) is 23.0. The van der Waals surface area contributed by atoms with Crippen LogP contribution < -0.4 is 5.73 Å². The first kappa shape index (κ1) is 34.9. The number of hydrogen-bond donors (Lipinski definition) is 1. The largest absolute Gasteiger partial charge is 0.372 e. The van der Waals surface area contributed by atoms with E-state index in [1.54, 1.807) is 5.57 Å². The molecule has 0 aliphatic heterocycles. The molecule has 0 radical (unpaired) electrons. The highest BCUT2D eigenvalue weighted by molar-refractivity contribution is 5.42. The van der Waals surface area contributed by atoms with Crippen LogP contribution in [-0.4, -0.2) is 13.2 Å². The van der Waals surface area contributed by atoms with E-state index < -0.39 is 0 Å². The van der Waals surface area contributed by atoms with E-state index in [2.05, 4.69) is 86.6 Å². The zero-order valence-electron chi connectivity index (χ0n) is 24.5. The molecule has 0 bridgehead atoms. The Morgan fingerprint density at radius 1 is 1.08 bits per heavy atom. The van der Waals surface area contributed by atoms with E-state index in [0.29, 0.717) is 17.8 Å². The summed E-state index contributed by atoms with van der Waals surface area (Å²) >= 11 is 0. The molecular weight excluding hydrogens is 466 g/mol. The maximum Gasteiger partial charge on any atom is 0.204 e. The summed E-state index contributed by atoms with van der Waals surface area (Å²) in [5, 5.41) is 0. The zero-order valence-corrected chi connectivity index (χ0v) is 24.5. The maximum absolute atomic E-state index is 8.58. The van der Waals surface area contributed by atoms with Gasteiger partial charge in [-0.25, -0.2) is 0 Å². The highest BCUT2D eigenvalue weighted by atomic mass is 16.1. The minimum absolute atomic E-state index is 0. The van der Waals surface area contributed by atoms with E-state index in [-0.39, 0.29) is 7.84 Å². The molecule has 1 amide bonds. The summed E-state index contributed by atoms with van der Waals surface area (Å²) in [7, 11) is 0. The molecule has 4 aliphatic carbocycles. The highest BCUT2D eigenvalue weighted by Crippen LogP contribution is 2.37. The summed E-state index contributed by atoms with van der Waals surface area (Å²) in [5.74, 6) is 2.89. The molecule has 1 saturated carbocycles. The summed E-state index contributed by atoms with van der Waals surface area (Å²) < 4.78 is 0. The zero-order chi connectivity index (χ0) is 28.6. The predicted molar refractivity (Wildman–Crippen MR) is 167 cm³/mol. The van der Waals surface area contributed by atoms with Crippen molar-refractivity contribution in [1.82, 2.24) is 0 Å². The average Bonchev–Trinajstić information content (AvgIpc) is 3.33. The van der Waals surface area contributed by atoms with Crippen LogP contribution in [0.15, 0.2) is 95.0 Å². The Morgan fingerprint density at radius 2 is 1.71 bits per heavy atom. The Bertz CT molecular complexity index is 933. The SMILES string of the molecule is C=O.CC.CC(C)C(C1=CC(C/C=C2/C=C=C=CC=C2)=CCC1)C1C=CC=C1.CC1CCCCC1.NC=O.[HH]. The number of rotatable bonds is 5. The van der Waals surface area contributed by atoms with Crippen LogP contribution in [0.1, 0.15) is 87.4 Å². The highest BCUT2D eigenvalue weighted by Gasteiger charge is 2.26. The quantitative estimate of drug-likeness (QED) is 0.291. The smallest absolute Gasteiger partial charge is 0.204 e. The molecule has 0 aromatic carbocycles. The van der Waals surface area contributed by atoms with Gasteiger partial charge in [-0.15, -0.1) is 0 Å². The second-order valence-corrected chi connectivity index (χ2v) is 9.90. The fourth-order valence-corrected chi connectivity index (χ4v) is 5.10. The van der Waals surface area contributed by atoms with E-state index in [1.165, 1.54) is 56.1 Å². The molecule has 1 unspecified atom stereocenters. The number of nitrogens with two attached hydrogens (primary N) is 1. The van der Waals surface area contributed by atoms with Gasteiger partial charge in [0.2, 0.25) is 6.41 Å². The summed E-state index contributed by atoms with van der Waals surface area (Å²) in [6, 6.07) is 0. The molecule has 210 valence electrons.